The van der Waals surface area contributed by atoms with Crippen LogP contribution < -0.4 is 4.74 Å². The largest absolute Gasteiger partial charge is 0.492 e. The number of carbonyl (C=O) groups excluding carboxylic acids is 1. The van der Waals surface area contributed by atoms with E-state index in [-0.39, 0.29) is 12.2 Å². The van der Waals surface area contributed by atoms with E-state index in [4.69, 9.17) is 9.47 Å². The van der Waals surface area contributed by atoms with E-state index in [9.17, 15) is 9.18 Å². The first-order chi connectivity index (χ1) is 8.22. The Morgan fingerprint density at radius 3 is 3.06 bits per heavy atom. The number of carbonyl (C=O) groups is 1. The van der Waals surface area contributed by atoms with Gasteiger partial charge < -0.3 is 9.47 Å². The molecule has 0 N–H and O–H groups in total. The summed E-state index contributed by atoms with van der Waals surface area (Å²) >= 11 is 0. The quantitative estimate of drug-likeness (QED) is 0.743. The molecule has 1 aromatic carbocycles. The number of ether oxygens (including phenoxy) is 2. The topological polar surface area (TPSA) is 35.5 Å². The van der Waals surface area contributed by atoms with Gasteiger partial charge in [0.25, 0.3) is 0 Å². The van der Waals surface area contributed by atoms with E-state index in [1.165, 1.54) is 12.1 Å². The Morgan fingerprint density at radius 1 is 1.47 bits per heavy atom. The maximum atomic E-state index is 13.4. The molecule has 0 radical (unpaired) electrons. The van der Waals surface area contributed by atoms with Crippen molar-refractivity contribution < 1.29 is 18.7 Å². The molecule has 3 nitrogen and oxygen atoms in total. The van der Waals surface area contributed by atoms with Crippen molar-refractivity contribution in [3.63, 3.8) is 0 Å². The molecule has 0 unspecified atom stereocenters. The van der Waals surface area contributed by atoms with E-state index in [0.29, 0.717) is 12.4 Å². The smallest absolute Gasteiger partial charge is 0.342 e. The Morgan fingerprint density at radius 2 is 2.29 bits per heavy atom. The maximum absolute atomic E-state index is 13.4. The highest BCUT2D eigenvalue weighted by Crippen LogP contribution is 2.30. The van der Waals surface area contributed by atoms with E-state index >= 15 is 0 Å². The Bertz CT molecular complexity index is 429. The lowest BCUT2D eigenvalue weighted by Gasteiger charge is -2.12. The normalized spacial score (nSPS) is 14.5. The van der Waals surface area contributed by atoms with Crippen LogP contribution in [0.15, 0.2) is 12.1 Å². The van der Waals surface area contributed by atoms with Crippen LogP contribution in [-0.4, -0.2) is 19.2 Å². The van der Waals surface area contributed by atoms with E-state index < -0.39 is 11.8 Å². The Kier molecular flexibility index (Phi) is 3.61. The summed E-state index contributed by atoms with van der Waals surface area (Å²) in [5, 5.41) is 0. The molecule has 0 fully saturated rings. The molecular weight excluding hydrogens is 223 g/mol. The van der Waals surface area contributed by atoms with Crippen molar-refractivity contribution in [3.05, 3.63) is 29.1 Å². The SMILES string of the molecule is CCOC(=O)c1cc(F)cc2c1OCCCC2. The Labute approximate surface area is 99.5 Å². The summed E-state index contributed by atoms with van der Waals surface area (Å²) in [6.45, 7) is 2.55. The molecule has 0 saturated heterocycles. The molecule has 0 bridgehead atoms. The van der Waals surface area contributed by atoms with E-state index in [0.717, 1.165) is 24.8 Å². The van der Waals surface area contributed by atoms with Gasteiger partial charge in [0.2, 0.25) is 0 Å². The Hall–Kier alpha value is -1.58. The zero-order chi connectivity index (χ0) is 12.3. The van der Waals surface area contributed by atoms with E-state index in [1.807, 2.05) is 0 Å². The van der Waals surface area contributed by atoms with Gasteiger partial charge in [-0.15, -0.1) is 0 Å². The fourth-order valence-electron chi connectivity index (χ4n) is 1.96. The predicted octanol–water partition coefficient (Wildman–Crippen LogP) is 2.72. The summed E-state index contributed by atoms with van der Waals surface area (Å²) in [5.41, 5.74) is 0.953. The first-order valence-corrected chi connectivity index (χ1v) is 5.84. The van der Waals surface area contributed by atoms with Crippen molar-refractivity contribution in [1.82, 2.24) is 0 Å². The van der Waals surface area contributed by atoms with Crippen LogP contribution in [-0.2, 0) is 11.2 Å². The third-order valence-electron chi connectivity index (χ3n) is 2.71. The lowest BCUT2D eigenvalue weighted by atomic mass is 10.0. The molecule has 0 amide bonds. The van der Waals surface area contributed by atoms with E-state index in [1.54, 1.807) is 6.92 Å². The van der Waals surface area contributed by atoms with Crippen LogP contribution in [0, 0.1) is 5.82 Å². The van der Waals surface area contributed by atoms with Gasteiger partial charge in [0.05, 0.1) is 13.2 Å². The fourth-order valence-corrected chi connectivity index (χ4v) is 1.96. The van der Waals surface area contributed by atoms with Crippen molar-refractivity contribution in [2.45, 2.75) is 26.2 Å². The van der Waals surface area contributed by atoms with Gasteiger partial charge in [0.15, 0.2) is 0 Å². The molecule has 1 aromatic rings. The summed E-state index contributed by atoms with van der Waals surface area (Å²) < 4.78 is 23.9. The van der Waals surface area contributed by atoms with Gasteiger partial charge in [-0.1, -0.05) is 0 Å². The zero-order valence-electron chi connectivity index (χ0n) is 9.79. The second-order valence-corrected chi connectivity index (χ2v) is 3.97. The van der Waals surface area contributed by atoms with Crippen molar-refractivity contribution in [2.24, 2.45) is 0 Å². The third-order valence-corrected chi connectivity index (χ3v) is 2.71. The molecular formula is C13H15FO3. The number of fused-ring (bicyclic) bond motifs is 1. The molecule has 1 aliphatic rings. The molecule has 2 rings (SSSR count). The van der Waals surface area contributed by atoms with Crippen LogP contribution >= 0.6 is 0 Å². The van der Waals surface area contributed by atoms with Crippen molar-refractivity contribution in [1.29, 1.82) is 0 Å². The number of hydrogen-bond donors (Lipinski definition) is 0. The summed E-state index contributed by atoms with van der Waals surface area (Å²) in [4.78, 5) is 11.7. The summed E-state index contributed by atoms with van der Waals surface area (Å²) in [6.07, 6.45) is 2.59. The average molecular weight is 238 g/mol. The van der Waals surface area contributed by atoms with Crippen molar-refractivity contribution in [2.75, 3.05) is 13.2 Å². The van der Waals surface area contributed by atoms with Crippen molar-refractivity contribution >= 4 is 5.97 Å². The minimum Gasteiger partial charge on any atom is -0.492 e. The van der Waals surface area contributed by atoms with Crippen molar-refractivity contribution in [3.8, 4) is 5.75 Å². The molecule has 92 valence electrons. The number of rotatable bonds is 2. The van der Waals surface area contributed by atoms with Crippen LogP contribution in [0.25, 0.3) is 0 Å². The third kappa shape index (κ3) is 2.57. The van der Waals surface area contributed by atoms with Gasteiger partial charge in [-0.3, -0.25) is 0 Å². The van der Waals surface area contributed by atoms with Crippen LogP contribution in [0.3, 0.4) is 0 Å². The molecule has 0 aliphatic carbocycles. The summed E-state index contributed by atoms with van der Waals surface area (Å²) in [6, 6.07) is 2.62. The van der Waals surface area contributed by atoms with Gasteiger partial charge >= 0.3 is 5.97 Å². The number of esters is 1. The molecule has 0 atom stereocenters. The second kappa shape index (κ2) is 5.17. The average Bonchev–Trinajstić information content (AvgIpc) is 2.53. The van der Waals surface area contributed by atoms with Gasteiger partial charge in [-0.25, -0.2) is 9.18 Å². The first-order valence-electron chi connectivity index (χ1n) is 5.84. The van der Waals surface area contributed by atoms with E-state index in [2.05, 4.69) is 0 Å². The molecule has 17 heavy (non-hydrogen) atoms. The number of benzene rings is 1. The monoisotopic (exact) mass is 238 g/mol. The molecule has 0 spiro atoms. The van der Waals surface area contributed by atoms with Crippen LogP contribution in [0.2, 0.25) is 0 Å². The summed E-state index contributed by atoms with van der Waals surface area (Å²) in [7, 11) is 0. The molecule has 0 saturated carbocycles. The van der Waals surface area contributed by atoms with Gasteiger partial charge in [0.1, 0.15) is 17.1 Å². The maximum Gasteiger partial charge on any atom is 0.342 e. The zero-order valence-corrected chi connectivity index (χ0v) is 9.79. The van der Waals surface area contributed by atoms with Crippen LogP contribution in [0.1, 0.15) is 35.7 Å². The molecule has 4 heteroatoms. The number of aryl methyl sites for hydroxylation is 1. The molecule has 0 aromatic heterocycles. The minimum atomic E-state index is -0.523. The molecule has 1 aliphatic heterocycles. The standard InChI is InChI=1S/C13H15FO3/c1-2-16-13(15)11-8-10(14)7-9-5-3-4-6-17-12(9)11/h7-8H,2-6H2,1H3. The predicted molar refractivity (Wildman–Crippen MR) is 60.8 cm³/mol. The van der Waals surface area contributed by atoms with Gasteiger partial charge in [-0.2, -0.15) is 0 Å². The second-order valence-electron chi connectivity index (χ2n) is 3.97. The van der Waals surface area contributed by atoms with Gasteiger partial charge in [0, 0.05) is 0 Å². The Balaban J connectivity index is 2.43. The highest BCUT2D eigenvalue weighted by molar-refractivity contribution is 5.93. The fraction of sp³-hybridized carbons (Fsp3) is 0.462. The highest BCUT2D eigenvalue weighted by Gasteiger charge is 2.20. The minimum absolute atomic E-state index is 0.198. The number of hydrogen-bond acceptors (Lipinski definition) is 3. The molecule has 1 heterocycles. The summed E-state index contributed by atoms with van der Waals surface area (Å²) in [5.74, 6) is -0.454. The first kappa shape index (κ1) is 11.9. The lowest BCUT2D eigenvalue weighted by Crippen LogP contribution is -2.09. The highest BCUT2D eigenvalue weighted by atomic mass is 19.1. The number of halogens is 1. The lowest BCUT2D eigenvalue weighted by molar-refractivity contribution is 0.0521. The van der Waals surface area contributed by atoms with Gasteiger partial charge in [-0.05, 0) is 43.9 Å². The van der Waals surface area contributed by atoms with Crippen LogP contribution in [0.4, 0.5) is 4.39 Å². The van der Waals surface area contributed by atoms with Crippen LogP contribution in [0.5, 0.6) is 5.75 Å².